The van der Waals surface area contributed by atoms with Crippen LogP contribution in [0.25, 0.3) is 0 Å². The van der Waals surface area contributed by atoms with E-state index < -0.39 is 0 Å². The molecule has 2 fully saturated rings. The molecule has 0 spiro atoms. The van der Waals surface area contributed by atoms with E-state index in [0.29, 0.717) is 29.5 Å². The van der Waals surface area contributed by atoms with Gasteiger partial charge in [0.15, 0.2) is 5.96 Å². The van der Waals surface area contributed by atoms with Crippen molar-refractivity contribution in [2.24, 2.45) is 4.99 Å². The van der Waals surface area contributed by atoms with E-state index in [1.807, 2.05) is 18.2 Å². The quantitative estimate of drug-likeness (QED) is 0.505. The number of aliphatic imine (C=N–C) groups is 1. The summed E-state index contributed by atoms with van der Waals surface area (Å²) in [5.41, 5.74) is 1.91. The number of carbonyl (C=O) groups excluding carboxylic acids is 2. The number of guanidine groups is 1. The molecule has 4 N–H and O–H groups in total. The van der Waals surface area contributed by atoms with Gasteiger partial charge in [-0.25, -0.2) is 9.38 Å². The normalized spacial score (nSPS) is 25.0. The highest BCUT2D eigenvalue weighted by Gasteiger charge is 2.26. The Balaban J connectivity index is 1.17. The number of allylic oxidation sites excluding steroid dienone is 1. The topological polar surface area (TPSA) is 94.6 Å². The molecule has 0 atom stereocenters. The molecule has 9 heteroatoms. The highest BCUT2D eigenvalue weighted by atomic mass is 32.2. The molecule has 2 heterocycles. The summed E-state index contributed by atoms with van der Waals surface area (Å²) in [4.78, 5) is 27.9. The summed E-state index contributed by atoms with van der Waals surface area (Å²) >= 11 is 0.907. The highest BCUT2D eigenvalue weighted by molar-refractivity contribution is 8.18. The van der Waals surface area contributed by atoms with Gasteiger partial charge in [0.1, 0.15) is 5.82 Å². The van der Waals surface area contributed by atoms with Crippen molar-refractivity contribution in [2.75, 3.05) is 13.1 Å². The molecule has 0 radical (unpaired) electrons. The molecule has 3 aliphatic rings. The van der Waals surface area contributed by atoms with Crippen LogP contribution in [-0.2, 0) is 11.2 Å². The Kier molecular flexibility index (Phi) is 7.03. The highest BCUT2D eigenvalue weighted by Crippen LogP contribution is 2.24. The Morgan fingerprint density at radius 3 is 2.55 bits per heavy atom. The number of amides is 2. The van der Waals surface area contributed by atoms with E-state index in [1.54, 1.807) is 6.08 Å². The van der Waals surface area contributed by atoms with Gasteiger partial charge in [-0.05, 0) is 80.3 Å². The summed E-state index contributed by atoms with van der Waals surface area (Å²) in [5, 5.41) is 12.2. The van der Waals surface area contributed by atoms with Crippen LogP contribution in [0, 0.1) is 5.82 Å². The number of hydrogen-bond donors (Lipinski definition) is 4. The molecule has 1 aliphatic carbocycles. The van der Waals surface area contributed by atoms with Crippen LogP contribution in [-0.4, -0.2) is 42.3 Å². The molecule has 164 valence electrons. The third kappa shape index (κ3) is 6.18. The van der Waals surface area contributed by atoms with Gasteiger partial charge in [0, 0.05) is 17.8 Å². The Labute approximate surface area is 185 Å². The zero-order valence-corrected chi connectivity index (χ0v) is 17.9. The summed E-state index contributed by atoms with van der Waals surface area (Å²) < 4.78 is 13.0. The second kappa shape index (κ2) is 10.1. The molecule has 31 heavy (non-hydrogen) atoms. The lowest BCUT2D eigenvalue weighted by Gasteiger charge is -2.31. The summed E-state index contributed by atoms with van der Waals surface area (Å²) in [5.74, 6) is 0.147. The van der Waals surface area contributed by atoms with Crippen molar-refractivity contribution in [1.82, 2.24) is 21.3 Å². The SMILES string of the molecule is O=C1NC(=O)/C(=C/C2=CCN=C(NC3CCC(NCCc4ccc(F)cc4)CC3)N2)S1. The predicted molar refractivity (Wildman–Crippen MR) is 120 cm³/mol. The van der Waals surface area contributed by atoms with Crippen molar-refractivity contribution in [2.45, 2.75) is 44.2 Å². The van der Waals surface area contributed by atoms with Crippen LogP contribution >= 0.6 is 11.8 Å². The van der Waals surface area contributed by atoms with E-state index in [-0.39, 0.29) is 17.0 Å². The fourth-order valence-electron chi connectivity index (χ4n) is 3.91. The van der Waals surface area contributed by atoms with Gasteiger partial charge < -0.3 is 16.0 Å². The van der Waals surface area contributed by atoms with Crippen molar-refractivity contribution in [1.29, 1.82) is 0 Å². The average Bonchev–Trinajstić information content (AvgIpc) is 3.07. The fraction of sp³-hybridized carbons (Fsp3) is 0.409. The molecule has 0 unspecified atom stereocenters. The number of nitrogens with one attached hydrogen (secondary N) is 4. The lowest BCUT2D eigenvalue weighted by molar-refractivity contribution is -0.115. The molecule has 0 aromatic heterocycles. The molecule has 1 aromatic carbocycles. The molecule has 1 saturated heterocycles. The lowest BCUT2D eigenvalue weighted by Crippen LogP contribution is -2.47. The first-order chi connectivity index (χ1) is 15.0. The summed E-state index contributed by atoms with van der Waals surface area (Å²) in [7, 11) is 0. The molecule has 7 nitrogen and oxygen atoms in total. The first-order valence-electron chi connectivity index (χ1n) is 10.6. The van der Waals surface area contributed by atoms with E-state index in [2.05, 4.69) is 26.3 Å². The number of rotatable bonds is 6. The van der Waals surface area contributed by atoms with Crippen LogP contribution in [0.5, 0.6) is 0 Å². The number of nitrogens with zero attached hydrogens (tertiary/aromatic N) is 1. The number of hydrogen-bond acceptors (Lipinski definition) is 7. The van der Waals surface area contributed by atoms with Crippen LogP contribution in [0.4, 0.5) is 9.18 Å². The molecular formula is C22H26FN5O2S. The number of thioether (sulfide) groups is 1. The second-order valence-corrected chi connectivity index (χ2v) is 8.86. The number of halogens is 1. The summed E-state index contributed by atoms with van der Waals surface area (Å²) in [6.45, 7) is 1.41. The van der Waals surface area contributed by atoms with E-state index in [9.17, 15) is 14.0 Å². The second-order valence-electron chi connectivity index (χ2n) is 7.85. The van der Waals surface area contributed by atoms with Gasteiger partial charge in [-0.3, -0.25) is 14.9 Å². The molecule has 2 amide bonds. The minimum atomic E-state index is -0.361. The molecule has 4 rings (SSSR count). The van der Waals surface area contributed by atoms with E-state index in [4.69, 9.17) is 0 Å². The van der Waals surface area contributed by atoms with Crippen LogP contribution < -0.4 is 21.3 Å². The largest absolute Gasteiger partial charge is 0.353 e. The smallest absolute Gasteiger partial charge is 0.290 e. The van der Waals surface area contributed by atoms with Gasteiger partial charge in [0.2, 0.25) is 0 Å². The van der Waals surface area contributed by atoms with Crippen molar-refractivity contribution in [3.05, 3.63) is 58.4 Å². The lowest BCUT2D eigenvalue weighted by atomic mass is 9.91. The van der Waals surface area contributed by atoms with Gasteiger partial charge >= 0.3 is 0 Å². The first kappa shape index (κ1) is 21.6. The fourth-order valence-corrected chi connectivity index (χ4v) is 4.58. The Bertz CT molecular complexity index is 920. The Hall–Kier alpha value is -2.65. The average molecular weight is 444 g/mol. The molecule has 1 aromatic rings. The molecule has 1 saturated carbocycles. The maximum Gasteiger partial charge on any atom is 0.290 e. The monoisotopic (exact) mass is 443 g/mol. The number of imide groups is 1. The summed E-state index contributed by atoms with van der Waals surface area (Å²) in [6.07, 6.45) is 8.72. The van der Waals surface area contributed by atoms with Gasteiger partial charge in [0.25, 0.3) is 11.1 Å². The predicted octanol–water partition coefficient (Wildman–Crippen LogP) is 2.57. The third-order valence-corrected chi connectivity index (χ3v) is 6.39. The van der Waals surface area contributed by atoms with Gasteiger partial charge in [-0.15, -0.1) is 0 Å². The van der Waals surface area contributed by atoms with Crippen molar-refractivity contribution in [3.8, 4) is 0 Å². The van der Waals surface area contributed by atoms with Crippen LogP contribution in [0.3, 0.4) is 0 Å². The minimum absolute atomic E-state index is 0.197. The third-order valence-electron chi connectivity index (χ3n) is 5.58. The zero-order valence-electron chi connectivity index (χ0n) is 17.1. The summed E-state index contributed by atoms with van der Waals surface area (Å²) in [6, 6.07) is 7.53. The van der Waals surface area contributed by atoms with E-state index in [0.717, 1.165) is 61.7 Å². The Morgan fingerprint density at radius 2 is 1.84 bits per heavy atom. The van der Waals surface area contributed by atoms with Crippen LogP contribution in [0.2, 0.25) is 0 Å². The molecule has 0 bridgehead atoms. The number of benzene rings is 1. The maximum atomic E-state index is 13.0. The van der Waals surface area contributed by atoms with Gasteiger partial charge in [-0.1, -0.05) is 12.1 Å². The van der Waals surface area contributed by atoms with E-state index >= 15 is 0 Å². The van der Waals surface area contributed by atoms with Crippen molar-refractivity contribution < 1.29 is 14.0 Å². The van der Waals surface area contributed by atoms with E-state index in [1.165, 1.54) is 12.1 Å². The van der Waals surface area contributed by atoms with Crippen LogP contribution in [0.15, 0.2) is 52.0 Å². The first-order valence-corrected chi connectivity index (χ1v) is 11.4. The van der Waals surface area contributed by atoms with Crippen molar-refractivity contribution >= 4 is 28.9 Å². The molecular weight excluding hydrogens is 417 g/mol. The Morgan fingerprint density at radius 1 is 1.10 bits per heavy atom. The van der Waals surface area contributed by atoms with Gasteiger partial charge in [-0.2, -0.15) is 0 Å². The standard InChI is InChI=1S/C22H26FN5O2S/c23-15-3-1-14(2-4-15)9-11-24-16-5-7-17(8-6-16)26-21-25-12-10-18(27-21)13-19-20(29)28-22(30)31-19/h1-4,10,13,16-17,24H,5-9,11-12H2,(H2,25,26,27)(H,28,29,30)/b19-13-. The van der Waals surface area contributed by atoms with Crippen molar-refractivity contribution in [3.63, 3.8) is 0 Å². The molecule has 2 aliphatic heterocycles. The van der Waals surface area contributed by atoms with Gasteiger partial charge in [0.05, 0.1) is 11.4 Å². The van der Waals surface area contributed by atoms with Crippen LogP contribution in [0.1, 0.15) is 31.2 Å². The number of carbonyl (C=O) groups is 2. The minimum Gasteiger partial charge on any atom is -0.353 e. The zero-order chi connectivity index (χ0) is 21.6. The maximum absolute atomic E-state index is 13.0.